The van der Waals surface area contributed by atoms with Gasteiger partial charge >= 0.3 is 6.03 Å². The number of ether oxygens (including phenoxy) is 3. The van der Waals surface area contributed by atoms with Gasteiger partial charge in [-0.15, -0.1) is 0 Å². The molecule has 2 aromatic rings. The first-order chi connectivity index (χ1) is 16.4. The summed E-state index contributed by atoms with van der Waals surface area (Å²) in [6.07, 6.45) is 2.16. The lowest BCUT2D eigenvalue weighted by molar-refractivity contribution is 0.0937. The molecule has 0 spiro atoms. The van der Waals surface area contributed by atoms with Crippen molar-refractivity contribution in [2.45, 2.75) is 19.8 Å². The smallest absolute Gasteiger partial charge is 0.323 e. The van der Waals surface area contributed by atoms with E-state index in [1.54, 1.807) is 45.6 Å². The Labute approximate surface area is 200 Å². The number of anilines is 3. The van der Waals surface area contributed by atoms with Crippen molar-refractivity contribution in [1.29, 1.82) is 0 Å². The Kier molecular flexibility index (Phi) is 8.98. The van der Waals surface area contributed by atoms with Crippen molar-refractivity contribution >= 4 is 29.0 Å². The summed E-state index contributed by atoms with van der Waals surface area (Å²) in [7, 11) is 4.68. The fourth-order valence-electron chi connectivity index (χ4n) is 3.86. The molecule has 3 amide bonds. The van der Waals surface area contributed by atoms with Crippen molar-refractivity contribution in [3.05, 3.63) is 42.0 Å². The van der Waals surface area contributed by atoms with Crippen molar-refractivity contribution in [2.75, 3.05) is 63.1 Å². The number of hydrogen-bond donors (Lipinski definition) is 3. The first-order valence-corrected chi connectivity index (χ1v) is 11.4. The van der Waals surface area contributed by atoms with E-state index in [-0.39, 0.29) is 5.91 Å². The van der Waals surface area contributed by atoms with E-state index < -0.39 is 6.03 Å². The minimum atomic E-state index is -0.444. The van der Waals surface area contributed by atoms with E-state index in [0.29, 0.717) is 47.5 Å². The number of urea groups is 1. The quantitative estimate of drug-likeness (QED) is 0.480. The summed E-state index contributed by atoms with van der Waals surface area (Å²) >= 11 is 0. The van der Waals surface area contributed by atoms with Crippen LogP contribution in [0.4, 0.5) is 21.9 Å². The molecule has 1 saturated heterocycles. The van der Waals surface area contributed by atoms with E-state index in [9.17, 15) is 9.59 Å². The second kappa shape index (κ2) is 12.1. The van der Waals surface area contributed by atoms with Crippen LogP contribution in [-0.4, -0.2) is 59.5 Å². The Balaban J connectivity index is 1.78. The number of nitrogens with one attached hydrogen (secondary N) is 3. The average Bonchev–Trinajstić information content (AvgIpc) is 2.84. The van der Waals surface area contributed by atoms with Gasteiger partial charge in [0.25, 0.3) is 5.91 Å². The second-order valence-electron chi connectivity index (χ2n) is 8.33. The SMILES string of the molecule is COCCNC(=O)c1cc(NC(=O)Nc2cc(OC)cc(OC)c2)ccc1N1CCC(C)CC1. The zero-order chi connectivity index (χ0) is 24.5. The lowest BCUT2D eigenvalue weighted by Crippen LogP contribution is -2.35. The molecular formula is C25H34N4O5. The number of benzene rings is 2. The standard InChI is InChI=1S/C25H34N4O5/c1-17-7-10-29(11-8-17)23-6-5-18(15-22(23)24(30)26-9-12-32-2)27-25(31)28-19-13-20(33-3)16-21(14-19)34-4/h5-6,13-17H,7-12H2,1-4H3,(H,26,30)(H2,27,28,31). The molecule has 0 radical (unpaired) electrons. The third kappa shape index (κ3) is 6.77. The van der Waals surface area contributed by atoms with Gasteiger partial charge in [-0.25, -0.2) is 4.79 Å². The summed E-state index contributed by atoms with van der Waals surface area (Å²) < 4.78 is 15.5. The van der Waals surface area contributed by atoms with E-state index in [1.807, 2.05) is 12.1 Å². The normalized spacial score (nSPS) is 13.8. The van der Waals surface area contributed by atoms with Gasteiger partial charge in [-0.2, -0.15) is 0 Å². The lowest BCUT2D eigenvalue weighted by Gasteiger charge is -2.33. The summed E-state index contributed by atoms with van der Waals surface area (Å²) in [5, 5.41) is 8.47. The number of piperidine rings is 1. The average molecular weight is 471 g/mol. The van der Waals surface area contributed by atoms with Gasteiger partial charge < -0.3 is 35.1 Å². The number of carbonyl (C=O) groups is 2. The zero-order valence-corrected chi connectivity index (χ0v) is 20.3. The van der Waals surface area contributed by atoms with Gasteiger partial charge in [-0.05, 0) is 37.0 Å². The number of carbonyl (C=O) groups excluding carboxylic acids is 2. The van der Waals surface area contributed by atoms with Gasteiger partial charge in [0, 0.05) is 62.0 Å². The second-order valence-corrected chi connectivity index (χ2v) is 8.33. The van der Waals surface area contributed by atoms with Crippen molar-refractivity contribution in [3.8, 4) is 11.5 Å². The van der Waals surface area contributed by atoms with Crippen LogP contribution in [-0.2, 0) is 4.74 Å². The summed E-state index contributed by atoms with van der Waals surface area (Å²) in [5.41, 5.74) is 2.42. The number of methoxy groups -OCH3 is 3. The van der Waals surface area contributed by atoms with Crippen LogP contribution in [0.3, 0.4) is 0 Å². The molecule has 1 aliphatic heterocycles. The Morgan fingerprint density at radius 3 is 2.21 bits per heavy atom. The first-order valence-electron chi connectivity index (χ1n) is 11.4. The fourth-order valence-corrected chi connectivity index (χ4v) is 3.86. The molecule has 0 atom stereocenters. The van der Waals surface area contributed by atoms with Crippen LogP contribution >= 0.6 is 0 Å². The summed E-state index contributed by atoms with van der Waals surface area (Å²) in [4.78, 5) is 27.9. The lowest BCUT2D eigenvalue weighted by atomic mass is 9.98. The largest absolute Gasteiger partial charge is 0.497 e. The van der Waals surface area contributed by atoms with Gasteiger partial charge in [0.05, 0.1) is 26.4 Å². The molecule has 1 heterocycles. The zero-order valence-electron chi connectivity index (χ0n) is 20.3. The molecule has 0 aliphatic carbocycles. The monoisotopic (exact) mass is 470 g/mol. The van der Waals surface area contributed by atoms with Crippen LogP contribution in [0.1, 0.15) is 30.1 Å². The number of hydrogen-bond acceptors (Lipinski definition) is 6. The molecule has 9 nitrogen and oxygen atoms in total. The van der Waals surface area contributed by atoms with Gasteiger partial charge in [-0.3, -0.25) is 4.79 Å². The first kappa shape index (κ1) is 25.2. The van der Waals surface area contributed by atoms with Crippen LogP contribution in [0.2, 0.25) is 0 Å². The molecule has 0 bridgehead atoms. The molecule has 0 unspecified atom stereocenters. The molecule has 1 aliphatic rings. The van der Waals surface area contributed by atoms with Gasteiger partial charge in [0.15, 0.2) is 0 Å². The van der Waals surface area contributed by atoms with E-state index >= 15 is 0 Å². The summed E-state index contributed by atoms with van der Waals surface area (Å²) in [6.45, 7) is 4.86. The third-order valence-corrected chi connectivity index (χ3v) is 5.82. The highest BCUT2D eigenvalue weighted by molar-refractivity contribution is 6.04. The Hall–Kier alpha value is -3.46. The van der Waals surface area contributed by atoms with Crippen molar-refractivity contribution < 1.29 is 23.8 Å². The van der Waals surface area contributed by atoms with Crippen LogP contribution in [0, 0.1) is 5.92 Å². The predicted octanol–water partition coefficient (Wildman–Crippen LogP) is 3.96. The molecule has 184 valence electrons. The van der Waals surface area contributed by atoms with E-state index in [1.165, 1.54) is 0 Å². The van der Waals surface area contributed by atoms with Crippen molar-refractivity contribution in [1.82, 2.24) is 5.32 Å². The maximum atomic E-state index is 13.0. The molecule has 2 aromatic carbocycles. The minimum absolute atomic E-state index is 0.202. The maximum Gasteiger partial charge on any atom is 0.323 e. The molecule has 9 heteroatoms. The molecule has 3 rings (SSSR count). The molecule has 0 aromatic heterocycles. The number of nitrogens with zero attached hydrogens (tertiary/aromatic N) is 1. The topological polar surface area (TPSA) is 101 Å². The van der Waals surface area contributed by atoms with Crippen LogP contribution in [0.15, 0.2) is 36.4 Å². The Morgan fingerprint density at radius 2 is 1.59 bits per heavy atom. The maximum absolute atomic E-state index is 13.0. The molecule has 1 fully saturated rings. The van der Waals surface area contributed by atoms with Crippen LogP contribution in [0.5, 0.6) is 11.5 Å². The number of rotatable bonds is 9. The molecular weight excluding hydrogens is 436 g/mol. The third-order valence-electron chi connectivity index (χ3n) is 5.82. The van der Waals surface area contributed by atoms with E-state index in [2.05, 4.69) is 27.8 Å². The van der Waals surface area contributed by atoms with Crippen molar-refractivity contribution in [2.24, 2.45) is 5.92 Å². The Morgan fingerprint density at radius 1 is 0.941 bits per heavy atom. The minimum Gasteiger partial charge on any atom is -0.497 e. The highest BCUT2D eigenvalue weighted by Gasteiger charge is 2.22. The Bertz CT molecular complexity index is 967. The van der Waals surface area contributed by atoms with E-state index in [0.717, 1.165) is 31.6 Å². The predicted molar refractivity (Wildman–Crippen MR) is 133 cm³/mol. The fraction of sp³-hybridized carbons (Fsp3) is 0.440. The summed E-state index contributed by atoms with van der Waals surface area (Å²) in [6, 6.07) is 10.1. The van der Waals surface area contributed by atoms with Crippen LogP contribution < -0.4 is 30.3 Å². The molecule has 0 saturated carbocycles. The highest BCUT2D eigenvalue weighted by atomic mass is 16.5. The van der Waals surface area contributed by atoms with Crippen molar-refractivity contribution in [3.63, 3.8) is 0 Å². The van der Waals surface area contributed by atoms with Gasteiger partial charge in [0.1, 0.15) is 11.5 Å². The summed E-state index contributed by atoms with van der Waals surface area (Å²) in [5.74, 6) is 1.59. The van der Waals surface area contributed by atoms with Gasteiger partial charge in [-0.1, -0.05) is 6.92 Å². The van der Waals surface area contributed by atoms with E-state index in [4.69, 9.17) is 14.2 Å². The molecule has 34 heavy (non-hydrogen) atoms. The molecule has 3 N–H and O–H groups in total. The number of amides is 3. The van der Waals surface area contributed by atoms with Crippen LogP contribution in [0.25, 0.3) is 0 Å². The van der Waals surface area contributed by atoms with Gasteiger partial charge in [0.2, 0.25) is 0 Å². The highest BCUT2D eigenvalue weighted by Crippen LogP contribution is 2.29.